The topological polar surface area (TPSA) is 97.7 Å². The summed E-state index contributed by atoms with van der Waals surface area (Å²) in [6.07, 6.45) is 0. The first-order valence-corrected chi connectivity index (χ1v) is 11.8. The van der Waals surface area contributed by atoms with Crippen LogP contribution in [0.25, 0.3) is 5.69 Å². The fraction of sp³-hybridized carbons (Fsp3) is 0.370. The number of para-hydroxylation sites is 1. The molecule has 192 valence electrons. The van der Waals surface area contributed by atoms with Crippen LogP contribution in [0, 0.1) is 0 Å². The van der Waals surface area contributed by atoms with Crippen LogP contribution in [0.15, 0.2) is 54.6 Å². The van der Waals surface area contributed by atoms with E-state index in [-0.39, 0.29) is 23.9 Å². The molecule has 0 unspecified atom stereocenters. The van der Waals surface area contributed by atoms with Gasteiger partial charge in [0, 0.05) is 41.4 Å². The SMILES string of the molecule is COc1cc(NC(=O)N(CC(=O)Nc2cc(C(C)(C)C)nn2-c2ccccc2)C(C)C)cc(OC)c1. The summed E-state index contributed by atoms with van der Waals surface area (Å²) in [5.41, 5.74) is 1.96. The third-order valence-corrected chi connectivity index (χ3v) is 5.55. The Bertz CT molecular complexity index is 1180. The van der Waals surface area contributed by atoms with Gasteiger partial charge in [-0.2, -0.15) is 5.10 Å². The maximum absolute atomic E-state index is 13.1. The van der Waals surface area contributed by atoms with Crippen molar-refractivity contribution in [3.05, 3.63) is 60.3 Å². The van der Waals surface area contributed by atoms with Gasteiger partial charge >= 0.3 is 6.03 Å². The highest BCUT2D eigenvalue weighted by atomic mass is 16.5. The minimum atomic E-state index is -0.414. The Labute approximate surface area is 212 Å². The lowest BCUT2D eigenvalue weighted by atomic mass is 9.92. The molecule has 0 aliphatic carbocycles. The highest BCUT2D eigenvalue weighted by Crippen LogP contribution is 2.27. The lowest BCUT2D eigenvalue weighted by Gasteiger charge is -2.26. The molecule has 2 aromatic carbocycles. The summed E-state index contributed by atoms with van der Waals surface area (Å²) in [6.45, 7) is 9.75. The Kier molecular flexibility index (Phi) is 8.24. The second-order valence-electron chi connectivity index (χ2n) is 9.71. The van der Waals surface area contributed by atoms with Crippen LogP contribution in [0.5, 0.6) is 11.5 Å². The quantitative estimate of drug-likeness (QED) is 0.457. The normalized spacial score (nSPS) is 11.2. The average Bonchev–Trinajstić information content (AvgIpc) is 3.26. The number of rotatable bonds is 8. The molecule has 2 N–H and O–H groups in total. The number of nitrogens with one attached hydrogen (secondary N) is 2. The molecule has 3 rings (SSSR count). The number of ether oxygens (including phenoxy) is 2. The van der Waals surface area contributed by atoms with Crippen LogP contribution < -0.4 is 20.1 Å². The fourth-order valence-electron chi connectivity index (χ4n) is 3.50. The summed E-state index contributed by atoms with van der Waals surface area (Å²) in [7, 11) is 3.08. The second kappa shape index (κ2) is 11.2. The summed E-state index contributed by atoms with van der Waals surface area (Å²) in [6, 6.07) is 15.9. The first-order valence-electron chi connectivity index (χ1n) is 11.8. The van der Waals surface area contributed by atoms with Crippen LogP contribution in [0.2, 0.25) is 0 Å². The molecule has 0 saturated heterocycles. The second-order valence-corrected chi connectivity index (χ2v) is 9.71. The van der Waals surface area contributed by atoms with Gasteiger partial charge in [-0.3, -0.25) is 4.79 Å². The Morgan fingerprint density at radius 1 is 0.972 bits per heavy atom. The van der Waals surface area contributed by atoms with Crippen molar-refractivity contribution < 1.29 is 19.1 Å². The number of urea groups is 1. The van der Waals surface area contributed by atoms with Gasteiger partial charge in [-0.05, 0) is 26.0 Å². The molecule has 0 spiro atoms. The van der Waals surface area contributed by atoms with E-state index in [0.29, 0.717) is 23.0 Å². The van der Waals surface area contributed by atoms with Gasteiger partial charge < -0.3 is 25.0 Å². The third-order valence-electron chi connectivity index (χ3n) is 5.55. The number of nitrogens with zero attached hydrogens (tertiary/aromatic N) is 3. The highest BCUT2D eigenvalue weighted by Gasteiger charge is 2.24. The summed E-state index contributed by atoms with van der Waals surface area (Å²) in [5.74, 6) is 1.29. The van der Waals surface area contributed by atoms with E-state index in [0.717, 1.165) is 11.4 Å². The zero-order chi connectivity index (χ0) is 26.5. The minimum Gasteiger partial charge on any atom is -0.497 e. The van der Waals surface area contributed by atoms with Crippen LogP contribution in [0.4, 0.5) is 16.3 Å². The third kappa shape index (κ3) is 6.56. The van der Waals surface area contributed by atoms with E-state index in [1.807, 2.05) is 50.2 Å². The van der Waals surface area contributed by atoms with Crippen LogP contribution in [0.1, 0.15) is 40.3 Å². The summed E-state index contributed by atoms with van der Waals surface area (Å²) in [5, 5.41) is 10.5. The number of anilines is 2. The predicted octanol–water partition coefficient (Wildman–Crippen LogP) is 5.07. The lowest BCUT2D eigenvalue weighted by molar-refractivity contribution is -0.117. The van der Waals surface area contributed by atoms with Crippen molar-refractivity contribution in [1.82, 2.24) is 14.7 Å². The molecule has 9 nitrogen and oxygen atoms in total. The number of hydrogen-bond donors (Lipinski definition) is 2. The van der Waals surface area contributed by atoms with E-state index in [1.165, 1.54) is 19.1 Å². The Balaban J connectivity index is 1.80. The van der Waals surface area contributed by atoms with Crippen molar-refractivity contribution in [2.24, 2.45) is 0 Å². The fourth-order valence-corrected chi connectivity index (χ4v) is 3.50. The first kappa shape index (κ1) is 26.6. The van der Waals surface area contributed by atoms with Gasteiger partial charge in [-0.25, -0.2) is 9.48 Å². The van der Waals surface area contributed by atoms with Crippen LogP contribution in [-0.4, -0.2) is 53.4 Å². The molecular formula is C27H35N5O4. The number of hydrogen-bond acceptors (Lipinski definition) is 5. The predicted molar refractivity (Wildman–Crippen MR) is 141 cm³/mol. The van der Waals surface area contributed by atoms with Crippen molar-refractivity contribution >= 4 is 23.4 Å². The molecule has 1 aromatic heterocycles. The molecular weight excluding hydrogens is 458 g/mol. The van der Waals surface area contributed by atoms with E-state index in [9.17, 15) is 9.59 Å². The molecule has 0 radical (unpaired) electrons. The highest BCUT2D eigenvalue weighted by molar-refractivity contribution is 5.97. The van der Waals surface area contributed by atoms with Gasteiger partial charge in [0.15, 0.2) is 0 Å². The van der Waals surface area contributed by atoms with Crippen molar-refractivity contribution in [3.63, 3.8) is 0 Å². The molecule has 36 heavy (non-hydrogen) atoms. The van der Waals surface area contributed by atoms with E-state index in [1.54, 1.807) is 22.9 Å². The molecule has 0 aliphatic rings. The summed E-state index contributed by atoms with van der Waals surface area (Å²) >= 11 is 0. The largest absolute Gasteiger partial charge is 0.497 e. The summed E-state index contributed by atoms with van der Waals surface area (Å²) in [4.78, 5) is 27.7. The van der Waals surface area contributed by atoms with Crippen LogP contribution >= 0.6 is 0 Å². The average molecular weight is 494 g/mol. The first-order chi connectivity index (χ1) is 17.0. The van der Waals surface area contributed by atoms with Gasteiger partial charge in [0.2, 0.25) is 5.91 Å². The van der Waals surface area contributed by atoms with Crippen molar-refractivity contribution in [3.8, 4) is 17.2 Å². The standard InChI is InChI=1S/C27H35N5O4/c1-18(2)31(26(34)28-19-13-21(35-6)15-22(14-19)36-7)17-25(33)29-24-16-23(27(3,4)5)30-32(24)20-11-9-8-10-12-20/h8-16,18H,17H2,1-7H3,(H,28,34)(H,29,33). The van der Waals surface area contributed by atoms with Gasteiger partial charge in [0.1, 0.15) is 23.9 Å². The van der Waals surface area contributed by atoms with Gasteiger partial charge in [-0.1, -0.05) is 39.0 Å². The molecule has 0 fully saturated rings. The molecule has 0 atom stereocenters. The molecule has 0 saturated carbocycles. The van der Waals surface area contributed by atoms with E-state index in [2.05, 4.69) is 31.4 Å². The van der Waals surface area contributed by atoms with Gasteiger partial charge in [0.25, 0.3) is 0 Å². The lowest BCUT2D eigenvalue weighted by Crippen LogP contribution is -2.44. The van der Waals surface area contributed by atoms with Gasteiger partial charge in [-0.15, -0.1) is 0 Å². The smallest absolute Gasteiger partial charge is 0.322 e. The van der Waals surface area contributed by atoms with E-state index < -0.39 is 6.03 Å². The Morgan fingerprint density at radius 2 is 1.58 bits per heavy atom. The number of benzene rings is 2. The Hall–Kier alpha value is -4.01. The molecule has 3 aromatic rings. The molecule has 9 heteroatoms. The molecule has 0 aliphatic heterocycles. The monoisotopic (exact) mass is 493 g/mol. The Morgan fingerprint density at radius 3 is 2.11 bits per heavy atom. The number of carbonyl (C=O) groups excluding carboxylic acids is 2. The number of methoxy groups -OCH3 is 2. The number of amides is 3. The van der Waals surface area contributed by atoms with Crippen LogP contribution in [0.3, 0.4) is 0 Å². The van der Waals surface area contributed by atoms with Crippen molar-refractivity contribution in [2.45, 2.75) is 46.1 Å². The zero-order valence-electron chi connectivity index (χ0n) is 22.0. The molecule has 1 heterocycles. The molecule has 3 amide bonds. The van der Waals surface area contributed by atoms with Crippen molar-refractivity contribution in [2.75, 3.05) is 31.4 Å². The zero-order valence-corrected chi connectivity index (χ0v) is 22.0. The maximum atomic E-state index is 13.1. The van der Waals surface area contributed by atoms with E-state index in [4.69, 9.17) is 14.6 Å². The maximum Gasteiger partial charge on any atom is 0.322 e. The minimum absolute atomic E-state index is 0.143. The van der Waals surface area contributed by atoms with Crippen molar-refractivity contribution in [1.29, 1.82) is 0 Å². The number of carbonyl (C=O) groups is 2. The van der Waals surface area contributed by atoms with E-state index >= 15 is 0 Å². The number of aromatic nitrogens is 2. The van der Waals surface area contributed by atoms with Crippen LogP contribution in [-0.2, 0) is 10.2 Å². The molecule has 0 bridgehead atoms. The summed E-state index contributed by atoms with van der Waals surface area (Å²) < 4.78 is 12.3. The van der Waals surface area contributed by atoms with Gasteiger partial charge in [0.05, 0.1) is 25.6 Å².